The molecule has 0 atom stereocenters. The Balaban J connectivity index is 1.88. The van der Waals surface area contributed by atoms with Crippen LogP contribution in [0.15, 0.2) is 24.5 Å². The van der Waals surface area contributed by atoms with Gasteiger partial charge < -0.3 is 4.90 Å². The van der Waals surface area contributed by atoms with E-state index in [0.717, 1.165) is 24.8 Å². The van der Waals surface area contributed by atoms with Crippen LogP contribution in [0.2, 0.25) is 0 Å². The third kappa shape index (κ3) is 4.78. The number of nitrogens with zero attached hydrogens (tertiary/aromatic N) is 3. The van der Waals surface area contributed by atoms with Crippen LogP contribution in [0.1, 0.15) is 24.8 Å². The van der Waals surface area contributed by atoms with Gasteiger partial charge in [0.05, 0.1) is 5.75 Å². The molecule has 0 radical (unpaired) electrons. The maximum absolute atomic E-state index is 12.2. The van der Waals surface area contributed by atoms with Gasteiger partial charge in [0.15, 0.2) is 0 Å². The third-order valence-corrected chi connectivity index (χ3v) is 5.45. The number of pyridine rings is 1. The lowest BCUT2D eigenvalue weighted by Gasteiger charge is -2.27. The summed E-state index contributed by atoms with van der Waals surface area (Å²) in [5.74, 6) is -0.0218. The topological polar surface area (TPSA) is 70.6 Å². The standard InChI is InChI=1S/C14H21N3O3S/c18-13-16(12-14-5-4-6-15-11-14)9-10-21(19,20)17-7-2-1-3-8-17/h4-6,11,13H,1-3,7-10,12H2. The predicted octanol–water partition coefficient (Wildman–Crippen LogP) is 0.856. The van der Waals surface area contributed by atoms with Crippen molar-refractivity contribution in [2.24, 2.45) is 0 Å². The predicted molar refractivity (Wildman–Crippen MR) is 79.9 cm³/mol. The van der Waals surface area contributed by atoms with E-state index >= 15 is 0 Å². The highest BCUT2D eigenvalue weighted by Gasteiger charge is 2.24. The highest BCUT2D eigenvalue weighted by molar-refractivity contribution is 7.89. The van der Waals surface area contributed by atoms with Crippen LogP contribution in [0.25, 0.3) is 0 Å². The van der Waals surface area contributed by atoms with E-state index in [4.69, 9.17) is 0 Å². The SMILES string of the molecule is O=CN(CCS(=O)(=O)N1CCCCC1)Cc1cccnc1. The number of amides is 1. The van der Waals surface area contributed by atoms with E-state index in [1.54, 1.807) is 22.8 Å². The first-order valence-corrected chi connectivity index (χ1v) is 8.79. The van der Waals surface area contributed by atoms with Gasteiger partial charge in [-0.25, -0.2) is 12.7 Å². The molecule has 0 bridgehead atoms. The highest BCUT2D eigenvalue weighted by Crippen LogP contribution is 2.13. The zero-order valence-electron chi connectivity index (χ0n) is 12.0. The lowest BCUT2D eigenvalue weighted by Crippen LogP contribution is -2.40. The minimum Gasteiger partial charge on any atom is -0.340 e. The van der Waals surface area contributed by atoms with E-state index in [-0.39, 0.29) is 12.3 Å². The Hall–Kier alpha value is -1.47. The van der Waals surface area contributed by atoms with Crippen LogP contribution < -0.4 is 0 Å². The van der Waals surface area contributed by atoms with Crippen molar-refractivity contribution in [1.82, 2.24) is 14.2 Å². The van der Waals surface area contributed by atoms with Crippen molar-refractivity contribution in [3.05, 3.63) is 30.1 Å². The molecule has 1 aromatic rings. The fourth-order valence-electron chi connectivity index (χ4n) is 2.40. The summed E-state index contributed by atoms with van der Waals surface area (Å²) in [6.07, 6.45) is 6.97. The third-order valence-electron chi connectivity index (χ3n) is 3.60. The molecule has 1 saturated heterocycles. The molecular weight excluding hydrogens is 290 g/mol. The number of hydrogen-bond acceptors (Lipinski definition) is 4. The average molecular weight is 311 g/mol. The molecule has 0 unspecified atom stereocenters. The molecule has 2 rings (SSSR count). The Morgan fingerprint density at radius 2 is 2.05 bits per heavy atom. The normalized spacial score (nSPS) is 16.6. The monoisotopic (exact) mass is 311 g/mol. The largest absolute Gasteiger partial charge is 0.340 e. The van der Waals surface area contributed by atoms with Gasteiger partial charge in [-0.2, -0.15) is 0 Å². The van der Waals surface area contributed by atoms with Gasteiger partial charge in [-0.3, -0.25) is 9.78 Å². The van der Waals surface area contributed by atoms with Crippen LogP contribution >= 0.6 is 0 Å². The summed E-state index contributed by atoms with van der Waals surface area (Å²) >= 11 is 0. The molecule has 1 aliphatic rings. The maximum atomic E-state index is 12.2. The van der Waals surface area contributed by atoms with Crippen molar-refractivity contribution in [2.75, 3.05) is 25.4 Å². The van der Waals surface area contributed by atoms with Crippen molar-refractivity contribution >= 4 is 16.4 Å². The average Bonchev–Trinajstić information content (AvgIpc) is 2.53. The summed E-state index contributed by atoms with van der Waals surface area (Å²) in [6, 6.07) is 3.66. The zero-order valence-corrected chi connectivity index (χ0v) is 12.8. The minimum absolute atomic E-state index is 0.0218. The van der Waals surface area contributed by atoms with E-state index < -0.39 is 10.0 Å². The van der Waals surface area contributed by atoms with Gasteiger partial charge in [-0.1, -0.05) is 12.5 Å². The van der Waals surface area contributed by atoms with Gasteiger partial charge in [0.2, 0.25) is 16.4 Å². The second-order valence-corrected chi connectivity index (χ2v) is 7.30. The molecule has 0 aromatic carbocycles. The van der Waals surface area contributed by atoms with E-state index in [9.17, 15) is 13.2 Å². The molecule has 7 heteroatoms. The molecule has 2 heterocycles. The van der Waals surface area contributed by atoms with Crippen molar-refractivity contribution in [3.8, 4) is 0 Å². The highest BCUT2D eigenvalue weighted by atomic mass is 32.2. The Kier molecular flexibility index (Phi) is 5.69. The van der Waals surface area contributed by atoms with Gasteiger partial charge in [-0.15, -0.1) is 0 Å². The molecule has 1 aromatic heterocycles. The number of hydrogen-bond donors (Lipinski definition) is 0. The van der Waals surface area contributed by atoms with Crippen molar-refractivity contribution < 1.29 is 13.2 Å². The number of sulfonamides is 1. The second-order valence-electron chi connectivity index (χ2n) is 5.21. The fourth-order valence-corrected chi connectivity index (χ4v) is 3.94. The lowest BCUT2D eigenvalue weighted by atomic mass is 10.2. The van der Waals surface area contributed by atoms with Crippen molar-refractivity contribution in [2.45, 2.75) is 25.8 Å². The molecule has 21 heavy (non-hydrogen) atoms. The first-order valence-electron chi connectivity index (χ1n) is 7.18. The summed E-state index contributed by atoms with van der Waals surface area (Å²) in [6.45, 7) is 1.79. The molecule has 0 spiro atoms. The van der Waals surface area contributed by atoms with Gasteiger partial charge in [-0.05, 0) is 24.5 Å². The maximum Gasteiger partial charge on any atom is 0.215 e. The van der Waals surface area contributed by atoms with Crippen LogP contribution in [-0.2, 0) is 21.4 Å². The van der Waals surface area contributed by atoms with Crippen LogP contribution in [0.4, 0.5) is 0 Å². The summed E-state index contributed by atoms with van der Waals surface area (Å²) in [5, 5.41) is 0. The lowest BCUT2D eigenvalue weighted by molar-refractivity contribution is -0.118. The molecule has 0 aliphatic carbocycles. The second kappa shape index (κ2) is 7.51. The molecule has 116 valence electrons. The number of aromatic nitrogens is 1. The van der Waals surface area contributed by atoms with Crippen LogP contribution in [-0.4, -0.2) is 54.4 Å². The van der Waals surface area contributed by atoms with Crippen LogP contribution in [0.3, 0.4) is 0 Å². The summed E-state index contributed by atoms with van der Waals surface area (Å²) in [7, 11) is -3.26. The van der Waals surface area contributed by atoms with Gasteiger partial charge in [0.25, 0.3) is 0 Å². The molecule has 6 nitrogen and oxygen atoms in total. The Labute approximate surface area is 125 Å². The van der Waals surface area contributed by atoms with E-state index in [1.807, 2.05) is 6.07 Å². The molecule has 1 aliphatic heterocycles. The van der Waals surface area contributed by atoms with Gasteiger partial charge >= 0.3 is 0 Å². The number of rotatable bonds is 7. The molecule has 1 amide bonds. The van der Waals surface area contributed by atoms with Crippen molar-refractivity contribution in [1.29, 1.82) is 0 Å². The smallest absolute Gasteiger partial charge is 0.215 e. The number of piperidine rings is 1. The van der Waals surface area contributed by atoms with Crippen LogP contribution in [0.5, 0.6) is 0 Å². The van der Waals surface area contributed by atoms with E-state index in [1.165, 1.54) is 4.90 Å². The zero-order chi connectivity index (χ0) is 15.1. The number of carbonyl (C=O) groups is 1. The Bertz CT molecular complexity index is 542. The summed E-state index contributed by atoms with van der Waals surface area (Å²) in [4.78, 5) is 16.6. The fraction of sp³-hybridized carbons (Fsp3) is 0.571. The first-order chi connectivity index (χ1) is 10.1. The van der Waals surface area contributed by atoms with E-state index in [2.05, 4.69) is 4.98 Å². The number of carbonyl (C=O) groups excluding carboxylic acids is 1. The Morgan fingerprint density at radius 1 is 1.29 bits per heavy atom. The van der Waals surface area contributed by atoms with Crippen LogP contribution in [0, 0.1) is 0 Å². The summed E-state index contributed by atoms with van der Waals surface area (Å²) in [5.41, 5.74) is 0.889. The minimum atomic E-state index is -3.26. The van der Waals surface area contributed by atoms with Gasteiger partial charge in [0.1, 0.15) is 0 Å². The summed E-state index contributed by atoms with van der Waals surface area (Å²) < 4.78 is 26.0. The van der Waals surface area contributed by atoms with Gasteiger partial charge in [0, 0.05) is 38.6 Å². The Morgan fingerprint density at radius 3 is 2.67 bits per heavy atom. The molecular formula is C14H21N3O3S. The first kappa shape index (κ1) is 15.9. The van der Waals surface area contributed by atoms with Crippen molar-refractivity contribution in [3.63, 3.8) is 0 Å². The molecule has 1 fully saturated rings. The van der Waals surface area contributed by atoms with E-state index in [0.29, 0.717) is 26.0 Å². The molecule has 0 saturated carbocycles. The molecule has 0 N–H and O–H groups in total. The quantitative estimate of drug-likeness (QED) is 0.700.